The summed E-state index contributed by atoms with van der Waals surface area (Å²) in [4.78, 5) is 4.55. The lowest BCUT2D eigenvalue weighted by Gasteiger charge is -2.09. The number of terminal acetylenes is 2. The van der Waals surface area contributed by atoms with Crippen LogP contribution in [0, 0.1) is 145 Å². The minimum absolute atomic E-state index is 0.837. The van der Waals surface area contributed by atoms with Gasteiger partial charge in [0, 0.05) is 41.8 Å². The molecule has 0 nitrogen and oxygen atoms in total. The van der Waals surface area contributed by atoms with Crippen molar-refractivity contribution in [2.24, 2.45) is 0 Å². The Labute approximate surface area is 245 Å². The third kappa shape index (κ3) is 9.02. The van der Waals surface area contributed by atoms with Crippen LogP contribution in [-0.2, 0) is 0 Å². The van der Waals surface area contributed by atoms with Gasteiger partial charge in [0.15, 0.2) is 0 Å². The lowest BCUT2D eigenvalue weighted by molar-refractivity contribution is 1.59. The summed E-state index contributed by atoms with van der Waals surface area (Å²) in [5.41, 5.74) is 3.61. The number of benzene rings is 1. The highest BCUT2D eigenvalue weighted by Gasteiger charge is 2.14. The zero-order valence-electron chi connectivity index (χ0n) is 21.4. The highest BCUT2D eigenvalue weighted by Crippen LogP contribution is 2.37. The van der Waals surface area contributed by atoms with Gasteiger partial charge in [-0.15, -0.1) is 35.5 Å². The molecule has 0 aliphatic heterocycles. The molecule has 2 heteroatoms. The molecule has 0 fully saturated rings. The van der Waals surface area contributed by atoms with E-state index in [1.165, 1.54) is 9.75 Å². The van der Waals surface area contributed by atoms with Gasteiger partial charge >= 0.3 is 0 Å². The lowest BCUT2D eigenvalue weighted by Crippen LogP contribution is -1.90. The minimum Gasteiger partial charge on any atom is -0.141 e. The molecule has 0 bridgehead atoms. The van der Waals surface area contributed by atoms with Gasteiger partial charge in [0.25, 0.3) is 0 Å². The van der Waals surface area contributed by atoms with Gasteiger partial charge < -0.3 is 0 Å². The van der Waals surface area contributed by atoms with Crippen molar-refractivity contribution in [1.29, 1.82) is 0 Å². The van der Waals surface area contributed by atoms with Crippen molar-refractivity contribution >= 4 is 22.7 Å². The van der Waals surface area contributed by atoms with Crippen LogP contribution in [0.4, 0.5) is 0 Å². The molecule has 0 N–H and O–H groups in total. The number of hydrogen-bond donors (Lipinski definition) is 0. The molecule has 0 spiro atoms. The lowest BCUT2D eigenvalue weighted by atomic mass is 9.96. The van der Waals surface area contributed by atoms with Crippen molar-refractivity contribution in [1.82, 2.24) is 0 Å². The van der Waals surface area contributed by atoms with Gasteiger partial charge in [0.1, 0.15) is 0 Å². The molecule has 2 heterocycles. The van der Waals surface area contributed by atoms with E-state index in [0.29, 0.717) is 0 Å². The molecule has 40 heavy (non-hydrogen) atoms. The maximum absolute atomic E-state index is 5.07. The van der Waals surface area contributed by atoms with Gasteiger partial charge in [0.05, 0.1) is 0 Å². The second-order valence-corrected chi connectivity index (χ2v) is 9.88. The molecule has 0 aliphatic carbocycles. The van der Waals surface area contributed by atoms with E-state index in [2.05, 4.69) is 169 Å². The zero-order chi connectivity index (χ0) is 28.4. The molecule has 3 aromatic rings. The first-order valence-corrected chi connectivity index (χ1v) is 13.0. The molecule has 0 atom stereocenters. The minimum atomic E-state index is 0.837. The van der Waals surface area contributed by atoms with Crippen LogP contribution in [0.1, 0.15) is 20.9 Å². The maximum Gasteiger partial charge on any atom is 0.0358 e. The molecular weight excluding hydrogens is 521 g/mol. The topological polar surface area (TPSA) is 0 Å². The zero-order valence-corrected chi connectivity index (χ0v) is 23.1. The standard InChI is InChI=1S/C38H14S2/c1-5-7-9-11-13-15-16-18-20-22-24-34-30-35(37-27-25-31(3)39-37)33(23-21-19-17-14-12-10-8-6-2)29-36(34)38-28-26-32(4)40-38/h1-2,25-30H,3-4H3. The second kappa shape index (κ2) is 15.8. The fourth-order valence-corrected chi connectivity index (χ4v) is 4.81. The Bertz CT molecular complexity index is 2140. The molecule has 178 valence electrons. The first-order chi connectivity index (χ1) is 19.6. The Balaban J connectivity index is 2.09. The van der Waals surface area contributed by atoms with Crippen LogP contribution in [0.25, 0.3) is 20.9 Å². The summed E-state index contributed by atoms with van der Waals surface area (Å²) in [6, 6.07) is 12.4. The predicted octanol–water partition coefficient (Wildman–Crippen LogP) is 5.75. The number of aryl methyl sites for hydroxylation is 2. The van der Waals surface area contributed by atoms with Gasteiger partial charge in [-0.05, 0) is 157 Å². The molecule has 3 rings (SSSR count). The fraction of sp³-hybridized carbons (Fsp3) is 0.0526. The van der Waals surface area contributed by atoms with E-state index in [4.69, 9.17) is 12.8 Å². The summed E-state index contributed by atoms with van der Waals surface area (Å²) in [5.74, 6) is 52.8. The molecular formula is C38H14S2. The van der Waals surface area contributed by atoms with E-state index in [0.717, 1.165) is 32.0 Å². The smallest absolute Gasteiger partial charge is 0.0358 e. The predicted molar refractivity (Wildman–Crippen MR) is 168 cm³/mol. The average molecular weight is 535 g/mol. The van der Waals surface area contributed by atoms with Crippen LogP contribution in [-0.4, -0.2) is 0 Å². The summed E-state index contributed by atoms with van der Waals surface area (Å²) in [6.07, 6.45) is 10.1. The van der Waals surface area contributed by atoms with Gasteiger partial charge in [0.2, 0.25) is 0 Å². The molecule has 0 amide bonds. The number of hydrogen-bond acceptors (Lipinski definition) is 2. The molecule has 0 aliphatic rings. The van der Waals surface area contributed by atoms with E-state index in [1.807, 2.05) is 0 Å². The number of thiophene rings is 2. The summed E-state index contributed by atoms with van der Waals surface area (Å²) in [6.45, 7) is 4.14. The van der Waals surface area contributed by atoms with Crippen molar-refractivity contribution in [3.63, 3.8) is 0 Å². The Kier molecular flexibility index (Phi) is 11.2. The molecule has 1 aromatic carbocycles. The van der Waals surface area contributed by atoms with Gasteiger partial charge in [-0.25, -0.2) is 0 Å². The molecule has 0 radical (unpaired) electrons. The SMILES string of the molecule is C#CC#CC#CC#CC#CC#Cc1cc(-c2ccc(C)s2)c(C#CC#CC#CC#CC#C)cc1-c1ccc(C)s1. The highest BCUT2D eigenvalue weighted by atomic mass is 32.1. The Morgan fingerprint density at radius 1 is 0.450 bits per heavy atom. The van der Waals surface area contributed by atoms with Crippen LogP contribution in [0.2, 0.25) is 0 Å². The van der Waals surface area contributed by atoms with Crippen LogP contribution in [0.5, 0.6) is 0 Å². The molecule has 0 unspecified atom stereocenters. The maximum atomic E-state index is 5.07. The van der Waals surface area contributed by atoms with E-state index >= 15 is 0 Å². The summed E-state index contributed by atoms with van der Waals surface area (Å²) in [7, 11) is 0. The largest absolute Gasteiger partial charge is 0.141 e. The van der Waals surface area contributed by atoms with Gasteiger partial charge in [-0.3, -0.25) is 0 Å². The highest BCUT2D eigenvalue weighted by molar-refractivity contribution is 7.15. The Morgan fingerprint density at radius 3 is 1.07 bits per heavy atom. The Morgan fingerprint density at radius 2 is 0.775 bits per heavy atom. The summed E-state index contributed by atoms with van der Waals surface area (Å²) >= 11 is 3.37. The van der Waals surface area contributed by atoms with E-state index in [9.17, 15) is 0 Å². The third-order valence-electron chi connectivity index (χ3n) is 4.58. The average Bonchev–Trinajstić information content (AvgIpc) is 3.59. The first kappa shape index (κ1) is 28.4. The van der Waals surface area contributed by atoms with Crippen LogP contribution in [0.3, 0.4) is 0 Å². The van der Waals surface area contributed by atoms with E-state index in [1.54, 1.807) is 22.7 Å². The van der Waals surface area contributed by atoms with Crippen molar-refractivity contribution in [3.05, 3.63) is 57.3 Å². The summed E-state index contributed by atoms with van der Waals surface area (Å²) in [5, 5.41) is 0. The number of rotatable bonds is 2. The third-order valence-corrected chi connectivity index (χ3v) is 6.65. The molecule has 2 aromatic heterocycles. The van der Waals surface area contributed by atoms with Crippen molar-refractivity contribution in [3.8, 4) is 152 Å². The first-order valence-electron chi connectivity index (χ1n) is 11.4. The van der Waals surface area contributed by atoms with Gasteiger partial charge in [-0.1, -0.05) is 11.8 Å². The van der Waals surface area contributed by atoms with Crippen LogP contribution < -0.4 is 0 Å². The second-order valence-electron chi connectivity index (χ2n) is 7.30. The van der Waals surface area contributed by atoms with Crippen LogP contribution in [0.15, 0.2) is 36.4 Å². The normalized spacial score (nSPS) is 7.40. The van der Waals surface area contributed by atoms with Crippen molar-refractivity contribution in [2.45, 2.75) is 13.8 Å². The molecule has 0 saturated heterocycles. The monoisotopic (exact) mass is 534 g/mol. The van der Waals surface area contributed by atoms with E-state index < -0.39 is 0 Å². The van der Waals surface area contributed by atoms with Crippen LogP contribution >= 0.6 is 22.7 Å². The van der Waals surface area contributed by atoms with Crippen molar-refractivity contribution in [2.75, 3.05) is 0 Å². The van der Waals surface area contributed by atoms with E-state index in [-0.39, 0.29) is 0 Å². The van der Waals surface area contributed by atoms with Gasteiger partial charge in [-0.2, -0.15) is 0 Å². The molecule has 0 saturated carbocycles. The Hall–Kier alpha value is -6.22. The quantitative estimate of drug-likeness (QED) is 0.367. The summed E-state index contributed by atoms with van der Waals surface area (Å²) < 4.78 is 0. The fourth-order valence-electron chi connectivity index (χ4n) is 3.02. The van der Waals surface area contributed by atoms with Crippen molar-refractivity contribution < 1.29 is 0 Å².